The molecule has 2 fully saturated rings. The number of ether oxygens (including phenoxy) is 1. The molecule has 2 atom stereocenters. The van der Waals surface area contributed by atoms with E-state index in [0.29, 0.717) is 41.9 Å². The fraction of sp³-hybridized carbons (Fsp3) is 0.459. The van der Waals surface area contributed by atoms with Crippen molar-refractivity contribution in [3.63, 3.8) is 0 Å². The summed E-state index contributed by atoms with van der Waals surface area (Å²) in [5, 5.41) is 6.41. The number of likely N-dealkylation sites (tertiary alicyclic amines) is 2. The van der Waals surface area contributed by atoms with Crippen LogP contribution >= 0.6 is 0 Å². The van der Waals surface area contributed by atoms with Crippen LogP contribution in [0.25, 0.3) is 0 Å². The Morgan fingerprint density at radius 3 is 2.50 bits per heavy atom. The standard InChI is InChI=1S/C37H48N4O3/c1-6-29(13-16-33(7-2)38-21-9-23-40-22-8-10-28(40)4)36(42)39-35-26-32(12-11-27(35)3)37(43)41-24-19-31(20-25-41)30-14-17-34(44-5)18-15-30/h2,6,11-18,26,28,31,33,38H,8-10,19-25H2,1,3-5H3,(H,39,42)/b16-13-,29-6+. The van der Waals surface area contributed by atoms with Gasteiger partial charge < -0.3 is 25.2 Å². The number of anilines is 1. The van der Waals surface area contributed by atoms with E-state index in [2.05, 4.69) is 40.5 Å². The van der Waals surface area contributed by atoms with Crippen LogP contribution in [-0.4, -0.2) is 73.5 Å². The van der Waals surface area contributed by atoms with Gasteiger partial charge in [0.25, 0.3) is 11.8 Å². The minimum absolute atomic E-state index is 0.0121. The molecule has 7 nitrogen and oxygen atoms in total. The first-order chi connectivity index (χ1) is 21.3. The zero-order valence-corrected chi connectivity index (χ0v) is 26.8. The number of aryl methyl sites for hydroxylation is 1. The number of allylic oxidation sites excluding steroid dienone is 1. The summed E-state index contributed by atoms with van der Waals surface area (Å²) in [6.07, 6.45) is 16.6. The van der Waals surface area contributed by atoms with Crippen LogP contribution in [0.1, 0.15) is 73.4 Å². The minimum Gasteiger partial charge on any atom is -0.497 e. The topological polar surface area (TPSA) is 73.9 Å². The van der Waals surface area contributed by atoms with Gasteiger partial charge in [-0.15, -0.1) is 6.42 Å². The first kappa shape index (κ1) is 33.0. The number of methoxy groups -OCH3 is 1. The molecule has 0 radical (unpaired) electrons. The van der Waals surface area contributed by atoms with Gasteiger partial charge in [0.15, 0.2) is 0 Å². The quantitative estimate of drug-likeness (QED) is 0.138. The average Bonchev–Trinajstić information content (AvgIpc) is 3.47. The maximum absolute atomic E-state index is 13.4. The van der Waals surface area contributed by atoms with Gasteiger partial charge in [-0.3, -0.25) is 9.59 Å². The van der Waals surface area contributed by atoms with E-state index < -0.39 is 0 Å². The second-order valence-electron chi connectivity index (χ2n) is 11.9. The number of nitrogens with one attached hydrogen (secondary N) is 2. The second kappa shape index (κ2) is 16.3. The van der Waals surface area contributed by atoms with Crippen molar-refractivity contribution in [2.75, 3.05) is 45.2 Å². The summed E-state index contributed by atoms with van der Waals surface area (Å²) < 4.78 is 5.28. The molecule has 4 rings (SSSR count). The Hall–Kier alpha value is -3.86. The number of carbonyl (C=O) groups is 2. The van der Waals surface area contributed by atoms with Crippen LogP contribution in [0, 0.1) is 19.3 Å². The maximum Gasteiger partial charge on any atom is 0.255 e. The highest BCUT2D eigenvalue weighted by atomic mass is 16.5. The fourth-order valence-electron chi connectivity index (χ4n) is 6.11. The summed E-state index contributed by atoms with van der Waals surface area (Å²) in [4.78, 5) is 31.1. The third-order valence-corrected chi connectivity index (χ3v) is 9.00. The van der Waals surface area contributed by atoms with Crippen molar-refractivity contribution in [1.29, 1.82) is 0 Å². The maximum atomic E-state index is 13.4. The summed E-state index contributed by atoms with van der Waals surface area (Å²) >= 11 is 0. The first-order valence-corrected chi connectivity index (χ1v) is 16.0. The molecule has 2 aliphatic heterocycles. The van der Waals surface area contributed by atoms with Gasteiger partial charge in [-0.1, -0.05) is 42.3 Å². The van der Waals surface area contributed by atoms with Crippen LogP contribution in [0.5, 0.6) is 5.75 Å². The molecule has 0 aromatic heterocycles. The van der Waals surface area contributed by atoms with Crippen LogP contribution in [0.3, 0.4) is 0 Å². The molecule has 2 amide bonds. The molecule has 2 saturated heterocycles. The zero-order chi connectivity index (χ0) is 31.5. The lowest BCUT2D eigenvalue weighted by Crippen LogP contribution is -2.38. The minimum atomic E-state index is -0.259. The van der Waals surface area contributed by atoms with Crippen LogP contribution in [0.4, 0.5) is 5.69 Å². The number of hydrogen-bond donors (Lipinski definition) is 2. The largest absolute Gasteiger partial charge is 0.497 e. The number of benzene rings is 2. The smallest absolute Gasteiger partial charge is 0.255 e. The van der Waals surface area contributed by atoms with Crippen molar-refractivity contribution >= 4 is 17.5 Å². The highest BCUT2D eigenvalue weighted by molar-refractivity contribution is 6.06. The molecule has 2 N–H and O–H groups in total. The van der Waals surface area contributed by atoms with E-state index in [-0.39, 0.29) is 17.9 Å². The van der Waals surface area contributed by atoms with E-state index >= 15 is 0 Å². The summed E-state index contributed by atoms with van der Waals surface area (Å²) in [6, 6.07) is 14.1. The highest BCUT2D eigenvalue weighted by Gasteiger charge is 2.25. The number of rotatable bonds is 12. The van der Waals surface area contributed by atoms with Gasteiger partial charge in [0.1, 0.15) is 5.75 Å². The van der Waals surface area contributed by atoms with Crippen molar-refractivity contribution < 1.29 is 14.3 Å². The molecule has 0 bridgehead atoms. The molecule has 7 heteroatoms. The Kier molecular flexibility index (Phi) is 12.2. The van der Waals surface area contributed by atoms with Crippen molar-refractivity contribution in [3.8, 4) is 18.1 Å². The normalized spacial score (nSPS) is 18.8. The van der Waals surface area contributed by atoms with Gasteiger partial charge in [-0.25, -0.2) is 0 Å². The third kappa shape index (κ3) is 8.84. The number of amides is 2. The van der Waals surface area contributed by atoms with Crippen LogP contribution in [0.15, 0.2) is 66.3 Å². The molecule has 2 aromatic rings. The van der Waals surface area contributed by atoms with E-state index in [0.717, 1.165) is 43.7 Å². The monoisotopic (exact) mass is 596 g/mol. The molecule has 2 unspecified atom stereocenters. The van der Waals surface area contributed by atoms with Crippen molar-refractivity contribution in [1.82, 2.24) is 15.1 Å². The molecule has 2 heterocycles. The summed E-state index contributed by atoms with van der Waals surface area (Å²) in [5.41, 5.74) is 3.89. The van der Waals surface area contributed by atoms with E-state index in [1.807, 2.05) is 49.1 Å². The predicted octanol–water partition coefficient (Wildman–Crippen LogP) is 5.93. The third-order valence-electron chi connectivity index (χ3n) is 9.00. The summed E-state index contributed by atoms with van der Waals surface area (Å²) in [6.45, 7) is 10.5. The van der Waals surface area contributed by atoms with E-state index in [1.54, 1.807) is 25.3 Å². The van der Waals surface area contributed by atoms with Crippen molar-refractivity contribution in [2.24, 2.45) is 0 Å². The fourth-order valence-corrected chi connectivity index (χ4v) is 6.11. The van der Waals surface area contributed by atoms with E-state index in [9.17, 15) is 9.59 Å². The average molecular weight is 597 g/mol. The van der Waals surface area contributed by atoms with Gasteiger partial charge >= 0.3 is 0 Å². The number of nitrogens with zero attached hydrogens (tertiary/aromatic N) is 2. The Labute approximate surface area is 263 Å². The summed E-state index contributed by atoms with van der Waals surface area (Å²) in [7, 11) is 1.67. The highest BCUT2D eigenvalue weighted by Crippen LogP contribution is 2.30. The zero-order valence-electron chi connectivity index (χ0n) is 26.8. The Morgan fingerprint density at radius 1 is 1.11 bits per heavy atom. The van der Waals surface area contributed by atoms with Crippen molar-refractivity contribution in [2.45, 2.75) is 70.9 Å². The van der Waals surface area contributed by atoms with Crippen molar-refractivity contribution in [3.05, 3.63) is 83.0 Å². The van der Waals surface area contributed by atoms with Crippen LogP contribution < -0.4 is 15.4 Å². The lowest BCUT2D eigenvalue weighted by molar-refractivity contribution is -0.112. The molecule has 0 saturated carbocycles. The van der Waals surface area contributed by atoms with Gasteiger partial charge in [0.05, 0.1) is 13.2 Å². The van der Waals surface area contributed by atoms with Gasteiger partial charge in [-0.2, -0.15) is 0 Å². The molecule has 0 spiro atoms. The number of terminal acetylenes is 1. The van der Waals surface area contributed by atoms with Gasteiger partial charge in [-0.05, 0) is 114 Å². The molecule has 2 aromatic carbocycles. The number of carbonyl (C=O) groups excluding carboxylic acids is 2. The van der Waals surface area contributed by atoms with Crippen LogP contribution in [-0.2, 0) is 4.79 Å². The van der Waals surface area contributed by atoms with Gasteiger partial charge in [0, 0.05) is 36.0 Å². The Bertz CT molecular complexity index is 1370. The summed E-state index contributed by atoms with van der Waals surface area (Å²) in [5.74, 6) is 3.79. The molecular weight excluding hydrogens is 548 g/mol. The lowest BCUT2D eigenvalue weighted by atomic mass is 9.89. The Balaban J connectivity index is 1.29. The molecular formula is C37H48N4O3. The SMILES string of the molecule is C#CC(/C=C\C(=C/C)C(=O)Nc1cc(C(=O)N2CCC(c3ccc(OC)cc3)CC2)ccc1C)NCCCN1CCCC1C. The van der Waals surface area contributed by atoms with E-state index in [1.165, 1.54) is 24.9 Å². The molecule has 2 aliphatic rings. The van der Waals surface area contributed by atoms with Gasteiger partial charge in [0.2, 0.25) is 0 Å². The number of piperidine rings is 1. The Morgan fingerprint density at radius 2 is 1.86 bits per heavy atom. The molecule has 0 aliphatic carbocycles. The first-order valence-electron chi connectivity index (χ1n) is 16.0. The lowest BCUT2D eigenvalue weighted by Gasteiger charge is -2.32. The second-order valence-corrected chi connectivity index (χ2v) is 11.9. The number of hydrogen-bond acceptors (Lipinski definition) is 5. The van der Waals surface area contributed by atoms with Crippen LogP contribution in [0.2, 0.25) is 0 Å². The molecule has 44 heavy (non-hydrogen) atoms. The molecule has 234 valence electrons. The van der Waals surface area contributed by atoms with E-state index in [4.69, 9.17) is 11.2 Å². The predicted molar refractivity (Wildman–Crippen MR) is 179 cm³/mol.